The molecule has 0 saturated heterocycles. The van der Waals surface area contributed by atoms with Crippen molar-refractivity contribution in [2.75, 3.05) is 6.61 Å². The average molecular weight is 342 g/mol. The highest BCUT2D eigenvalue weighted by molar-refractivity contribution is 9.10. The molecule has 19 heavy (non-hydrogen) atoms. The number of ether oxygens (including phenoxy) is 1. The van der Waals surface area contributed by atoms with Crippen LogP contribution in [0.2, 0.25) is 0 Å². The lowest BCUT2D eigenvalue weighted by atomic mass is 10.2. The first-order valence-electron chi connectivity index (χ1n) is 5.62. The minimum atomic E-state index is -0.968. The van der Waals surface area contributed by atoms with E-state index in [0.29, 0.717) is 16.8 Å². The number of thiazole rings is 1. The smallest absolute Gasteiger partial charge is 0.335 e. The van der Waals surface area contributed by atoms with Crippen molar-refractivity contribution in [3.63, 3.8) is 0 Å². The highest BCUT2D eigenvalue weighted by Gasteiger charge is 2.07. The number of aromatic carboxylic acids is 1. The van der Waals surface area contributed by atoms with Crippen LogP contribution in [0.25, 0.3) is 0 Å². The topological polar surface area (TPSA) is 59.4 Å². The van der Waals surface area contributed by atoms with Gasteiger partial charge in [0.25, 0.3) is 0 Å². The molecule has 6 heteroatoms. The van der Waals surface area contributed by atoms with Crippen LogP contribution in [0.5, 0.6) is 5.75 Å². The van der Waals surface area contributed by atoms with Crippen molar-refractivity contribution in [1.29, 1.82) is 0 Å². The molecule has 0 aliphatic carbocycles. The van der Waals surface area contributed by atoms with Gasteiger partial charge in [-0.25, -0.2) is 9.78 Å². The second kappa shape index (κ2) is 6.16. The first kappa shape index (κ1) is 14.0. The molecule has 0 aliphatic heterocycles. The standard InChI is InChI=1S/C13H12BrNO3S/c1-8-12(19-7-15-8)2-3-18-11-5-9(13(16)17)4-10(14)6-11/h4-7H,2-3H2,1H3,(H,16,17). The van der Waals surface area contributed by atoms with E-state index >= 15 is 0 Å². The third-order valence-electron chi connectivity index (χ3n) is 2.56. The van der Waals surface area contributed by atoms with Crippen LogP contribution in [0.4, 0.5) is 0 Å². The van der Waals surface area contributed by atoms with E-state index in [1.807, 2.05) is 12.4 Å². The van der Waals surface area contributed by atoms with Crippen LogP contribution in [-0.4, -0.2) is 22.7 Å². The fourth-order valence-corrected chi connectivity index (χ4v) is 2.83. The molecule has 0 spiro atoms. The number of aromatic nitrogens is 1. The Kier molecular flexibility index (Phi) is 4.55. The molecule has 0 unspecified atom stereocenters. The summed E-state index contributed by atoms with van der Waals surface area (Å²) in [6.45, 7) is 2.46. The number of hydrogen-bond acceptors (Lipinski definition) is 4. The summed E-state index contributed by atoms with van der Waals surface area (Å²) in [5.74, 6) is -0.418. The lowest BCUT2D eigenvalue weighted by molar-refractivity contribution is 0.0696. The van der Waals surface area contributed by atoms with Gasteiger partial charge in [0, 0.05) is 15.8 Å². The Morgan fingerprint density at radius 1 is 1.47 bits per heavy atom. The summed E-state index contributed by atoms with van der Waals surface area (Å²) in [6, 6.07) is 4.82. The van der Waals surface area contributed by atoms with Crippen molar-refractivity contribution < 1.29 is 14.6 Å². The Morgan fingerprint density at radius 3 is 2.89 bits per heavy atom. The molecule has 0 atom stereocenters. The second-order valence-electron chi connectivity index (χ2n) is 3.94. The van der Waals surface area contributed by atoms with Crippen LogP contribution in [0, 0.1) is 6.92 Å². The highest BCUT2D eigenvalue weighted by Crippen LogP contribution is 2.22. The molecular formula is C13H12BrNO3S. The Hall–Kier alpha value is -1.40. The van der Waals surface area contributed by atoms with Crippen molar-refractivity contribution in [3.05, 3.63) is 44.3 Å². The van der Waals surface area contributed by atoms with Gasteiger partial charge in [0.15, 0.2) is 0 Å². The molecule has 1 aromatic carbocycles. The first-order valence-corrected chi connectivity index (χ1v) is 7.29. The largest absolute Gasteiger partial charge is 0.493 e. The quantitative estimate of drug-likeness (QED) is 0.903. The fraction of sp³-hybridized carbons (Fsp3) is 0.231. The lowest BCUT2D eigenvalue weighted by Gasteiger charge is -2.07. The molecule has 0 radical (unpaired) electrons. The summed E-state index contributed by atoms with van der Waals surface area (Å²) < 4.78 is 6.28. The molecule has 1 heterocycles. The van der Waals surface area contributed by atoms with Crippen LogP contribution in [0.3, 0.4) is 0 Å². The van der Waals surface area contributed by atoms with Gasteiger partial charge in [0.2, 0.25) is 0 Å². The van der Waals surface area contributed by atoms with Gasteiger partial charge in [-0.05, 0) is 25.1 Å². The molecule has 2 rings (SSSR count). The molecule has 0 fully saturated rings. The summed E-state index contributed by atoms with van der Waals surface area (Å²) in [5.41, 5.74) is 3.04. The van der Waals surface area contributed by atoms with Gasteiger partial charge in [-0.1, -0.05) is 15.9 Å². The van der Waals surface area contributed by atoms with Gasteiger partial charge in [-0.3, -0.25) is 0 Å². The minimum absolute atomic E-state index is 0.207. The van der Waals surface area contributed by atoms with Crippen LogP contribution in [-0.2, 0) is 6.42 Å². The zero-order valence-electron chi connectivity index (χ0n) is 10.2. The zero-order chi connectivity index (χ0) is 13.8. The van der Waals surface area contributed by atoms with E-state index in [9.17, 15) is 4.79 Å². The van der Waals surface area contributed by atoms with Gasteiger partial charge in [0.1, 0.15) is 5.75 Å². The summed E-state index contributed by atoms with van der Waals surface area (Å²) in [6.07, 6.45) is 0.769. The minimum Gasteiger partial charge on any atom is -0.493 e. The van der Waals surface area contributed by atoms with E-state index in [-0.39, 0.29) is 5.56 Å². The van der Waals surface area contributed by atoms with Crippen molar-refractivity contribution in [3.8, 4) is 5.75 Å². The Morgan fingerprint density at radius 2 is 2.26 bits per heavy atom. The number of halogens is 1. The molecule has 1 N–H and O–H groups in total. The molecule has 0 saturated carbocycles. The Balaban J connectivity index is 2.00. The molecular weight excluding hydrogens is 330 g/mol. The lowest BCUT2D eigenvalue weighted by Crippen LogP contribution is -2.03. The van der Waals surface area contributed by atoms with E-state index in [0.717, 1.165) is 12.1 Å². The van der Waals surface area contributed by atoms with Gasteiger partial charge >= 0.3 is 5.97 Å². The normalized spacial score (nSPS) is 10.4. The first-order chi connectivity index (χ1) is 9.06. The fourth-order valence-electron chi connectivity index (χ4n) is 1.60. The van der Waals surface area contributed by atoms with E-state index in [1.165, 1.54) is 10.9 Å². The van der Waals surface area contributed by atoms with E-state index in [1.54, 1.807) is 23.5 Å². The van der Waals surface area contributed by atoms with Gasteiger partial charge in [-0.2, -0.15) is 0 Å². The number of carboxylic acid groups (broad SMARTS) is 1. The number of benzene rings is 1. The maximum atomic E-state index is 10.9. The van der Waals surface area contributed by atoms with Crippen molar-refractivity contribution in [2.45, 2.75) is 13.3 Å². The maximum absolute atomic E-state index is 10.9. The average Bonchev–Trinajstić information content (AvgIpc) is 2.74. The molecule has 0 bridgehead atoms. The van der Waals surface area contributed by atoms with Crippen molar-refractivity contribution in [1.82, 2.24) is 4.98 Å². The van der Waals surface area contributed by atoms with E-state index < -0.39 is 5.97 Å². The predicted molar refractivity (Wildman–Crippen MR) is 77.2 cm³/mol. The Labute approximate surface area is 123 Å². The number of nitrogens with zero attached hydrogens (tertiary/aromatic N) is 1. The molecule has 2 aromatic rings. The third kappa shape index (κ3) is 3.78. The van der Waals surface area contributed by atoms with E-state index in [4.69, 9.17) is 9.84 Å². The number of carboxylic acids is 1. The van der Waals surface area contributed by atoms with Crippen LogP contribution < -0.4 is 4.74 Å². The second-order valence-corrected chi connectivity index (χ2v) is 5.80. The monoisotopic (exact) mass is 341 g/mol. The number of aryl methyl sites for hydroxylation is 1. The third-order valence-corrected chi connectivity index (χ3v) is 4.01. The summed E-state index contributed by atoms with van der Waals surface area (Å²) in [7, 11) is 0. The summed E-state index contributed by atoms with van der Waals surface area (Å²) in [4.78, 5) is 16.3. The van der Waals surface area contributed by atoms with Gasteiger partial charge in [0.05, 0.1) is 23.4 Å². The predicted octanol–water partition coefficient (Wildman–Crippen LogP) is 3.53. The Bertz CT molecular complexity index is 597. The summed E-state index contributed by atoms with van der Waals surface area (Å²) >= 11 is 4.87. The van der Waals surface area contributed by atoms with E-state index in [2.05, 4.69) is 20.9 Å². The molecule has 4 nitrogen and oxygen atoms in total. The SMILES string of the molecule is Cc1ncsc1CCOc1cc(Br)cc(C(=O)O)c1. The zero-order valence-corrected chi connectivity index (χ0v) is 12.6. The van der Waals surface area contributed by atoms with Crippen molar-refractivity contribution in [2.24, 2.45) is 0 Å². The van der Waals surface area contributed by atoms with Crippen LogP contribution in [0.1, 0.15) is 20.9 Å². The maximum Gasteiger partial charge on any atom is 0.335 e. The summed E-state index contributed by atoms with van der Waals surface area (Å²) in [5, 5.41) is 8.96. The van der Waals surface area contributed by atoms with Crippen LogP contribution in [0.15, 0.2) is 28.2 Å². The van der Waals surface area contributed by atoms with Gasteiger partial charge < -0.3 is 9.84 Å². The highest BCUT2D eigenvalue weighted by atomic mass is 79.9. The number of hydrogen-bond donors (Lipinski definition) is 1. The molecule has 0 aliphatic rings. The molecule has 100 valence electrons. The van der Waals surface area contributed by atoms with Gasteiger partial charge in [-0.15, -0.1) is 11.3 Å². The van der Waals surface area contributed by atoms with Crippen LogP contribution >= 0.6 is 27.3 Å². The van der Waals surface area contributed by atoms with Crippen molar-refractivity contribution >= 4 is 33.2 Å². The number of carbonyl (C=O) groups is 1. The molecule has 0 amide bonds. The number of rotatable bonds is 5. The molecule has 1 aromatic heterocycles.